The van der Waals surface area contributed by atoms with Crippen molar-refractivity contribution in [3.8, 4) is 5.75 Å². The molecule has 0 spiro atoms. The first-order valence-electron chi connectivity index (χ1n) is 6.35. The fraction of sp³-hybridized carbons (Fsp3) is 0.333. The van der Waals surface area contributed by atoms with Crippen molar-refractivity contribution in [3.63, 3.8) is 0 Å². The van der Waals surface area contributed by atoms with Crippen LogP contribution in [0.2, 0.25) is 0 Å². The molecule has 0 bridgehead atoms. The summed E-state index contributed by atoms with van der Waals surface area (Å²) in [7, 11) is 1.64. The van der Waals surface area contributed by atoms with E-state index in [4.69, 9.17) is 9.84 Å². The summed E-state index contributed by atoms with van der Waals surface area (Å²) in [5, 5.41) is 13.5. The summed E-state index contributed by atoms with van der Waals surface area (Å²) in [6.45, 7) is 6.02. The first-order chi connectivity index (χ1) is 9.43. The van der Waals surface area contributed by atoms with Gasteiger partial charge in [-0.25, -0.2) is 4.79 Å². The van der Waals surface area contributed by atoms with Crippen molar-refractivity contribution in [2.75, 3.05) is 7.11 Å². The first-order valence-corrected chi connectivity index (χ1v) is 6.35. The second-order valence-electron chi connectivity index (χ2n) is 4.81. The molecule has 0 amide bonds. The first kappa shape index (κ1) is 14.1. The molecule has 2 rings (SSSR count). The van der Waals surface area contributed by atoms with Crippen LogP contribution in [-0.4, -0.2) is 28.0 Å². The van der Waals surface area contributed by atoms with E-state index in [0.717, 1.165) is 16.9 Å². The highest BCUT2D eigenvalue weighted by Gasteiger charge is 2.17. The van der Waals surface area contributed by atoms with E-state index in [1.807, 2.05) is 25.1 Å². The van der Waals surface area contributed by atoms with E-state index < -0.39 is 5.97 Å². The molecule has 0 atom stereocenters. The fourth-order valence-electron chi connectivity index (χ4n) is 2.37. The summed E-state index contributed by atoms with van der Waals surface area (Å²) in [4.78, 5) is 11.2. The van der Waals surface area contributed by atoms with Crippen LogP contribution < -0.4 is 4.74 Å². The Hall–Kier alpha value is -2.30. The Morgan fingerprint density at radius 2 is 2.05 bits per heavy atom. The number of aryl methyl sites for hydroxylation is 2. The number of carboxylic acids is 1. The van der Waals surface area contributed by atoms with Crippen molar-refractivity contribution >= 4 is 5.97 Å². The summed E-state index contributed by atoms with van der Waals surface area (Å²) >= 11 is 0. The van der Waals surface area contributed by atoms with Crippen LogP contribution in [0.4, 0.5) is 0 Å². The molecule has 0 aliphatic heterocycles. The van der Waals surface area contributed by atoms with Gasteiger partial charge in [-0.1, -0.05) is 12.1 Å². The summed E-state index contributed by atoms with van der Waals surface area (Å²) < 4.78 is 6.95. The number of methoxy groups -OCH3 is 1. The number of carbonyl (C=O) groups is 1. The monoisotopic (exact) mass is 274 g/mol. The van der Waals surface area contributed by atoms with E-state index in [0.29, 0.717) is 17.9 Å². The van der Waals surface area contributed by atoms with Gasteiger partial charge in [-0.05, 0) is 38.0 Å². The summed E-state index contributed by atoms with van der Waals surface area (Å²) in [5.74, 6) is -0.0921. The number of aromatic carboxylic acids is 1. The lowest BCUT2D eigenvalue weighted by Crippen LogP contribution is -2.06. The third-order valence-electron chi connectivity index (χ3n) is 3.39. The number of nitrogens with zero attached hydrogens (tertiary/aromatic N) is 2. The molecule has 1 aromatic carbocycles. The number of ether oxygens (including phenoxy) is 1. The lowest BCUT2D eigenvalue weighted by Gasteiger charge is -2.09. The minimum atomic E-state index is -0.933. The smallest absolute Gasteiger partial charge is 0.339 e. The van der Waals surface area contributed by atoms with Gasteiger partial charge < -0.3 is 9.84 Å². The molecule has 0 saturated carbocycles. The fourth-order valence-corrected chi connectivity index (χ4v) is 2.37. The van der Waals surface area contributed by atoms with Gasteiger partial charge in [-0.3, -0.25) is 4.68 Å². The number of hydrogen-bond donors (Lipinski definition) is 1. The second-order valence-corrected chi connectivity index (χ2v) is 4.81. The highest BCUT2D eigenvalue weighted by molar-refractivity contribution is 5.90. The molecule has 0 aliphatic rings. The SMILES string of the molecule is COc1ccc(Cn2nc(C)c(C(=O)O)c2C)cc1C. The molecule has 1 aromatic heterocycles. The molecule has 0 aliphatic carbocycles. The minimum absolute atomic E-state index is 0.287. The van der Waals surface area contributed by atoms with E-state index in [1.54, 1.807) is 25.6 Å². The van der Waals surface area contributed by atoms with Gasteiger partial charge >= 0.3 is 5.97 Å². The summed E-state index contributed by atoms with van der Waals surface area (Å²) in [6, 6.07) is 5.90. The lowest BCUT2D eigenvalue weighted by molar-refractivity contribution is 0.0695. The average molecular weight is 274 g/mol. The zero-order chi connectivity index (χ0) is 14.9. The zero-order valence-electron chi connectivity index (χ0n) is 12.1. The molecular formula is C15H18N2O3. The molecular weight excluding hydrogens is 256 g/mol. The van der Waals surface area contributed by atoms with Crippen molar-refractivity contribution in [1.82, 2.24) is 9.78 Å². The Kier molecular flexibility index (Phi) is 3.79. The minimum Gasteiger partial charge on any atom is -0.496 e. The number of hydrogen-bond acceptors (Lipinski definition) is 3. The molecule has 0 unspecified atom stereocenters. The Morgan fingerprint density at radius 1 is 1.35 bits per heavy atom. The Labute approximate surface area is 117 Å². The maximum absolute atomic E-state index is 11.2. The maximum Gasteiger partial charge on any atom is 0.339 e. The Morgan fingerprint density at radius 3 is 2.55 bits per heavy atom. The molecule has 5 heteroatoms. The van der Waals surface area contributed by atoms with Gasteiger partial charge in [0.15, 0.2) is 0 Å². The number of rotatable bonds is 4. The van der Waals surface area contributed by atoms with Gasteiger partial charge in [0.1, 0.15) is 11.3 Å². The van der Waals surface area contributed by atoms with Crippen LogP contribution in [0.15, 0.2) is 18.2 Å². The predicted molar refractivity (Wildman–Crippen MR) is 75.5 cm³/mol. The molecule has 1 N–H and O–H groups in total. The van der Waals surface area contributed by atoms with Crippen molar-refractivity contribution in [3.05, 3.63) is 46.3 Å². The number of carboxylic acid groups (broad SMARTS) is 1. The van der Waals surface area contributed by atoms with E-state index in [9.17, 15) is 4.79 Å². The molecule has 2 aromatic rings. The third-order valence-corrected chi connectivity index (χ3v) is 3.39. The summed E-state index contributed by atoms with van der Waals surface area (Å²) in [6.07, 6.45) is 0. The maximum atomic E-state index is 11.2. The van der Waals surface area contributed by atoms with Gasteiger partial charge in [0.2, 0.25) is 0 Å². The molecule has 20 heavy (non-hydrogen) atoms. The zero-order valence-corrected chi connectivity index (χ0v) is 12.1. The van der Waals surface area contributed by atoms with Crippen molar-refractivity contribution in [2.45, 2.75) is 27.3 Å². The van der Waals surface area contributed by atoms with Gasteiger partial charge in [-0.15, -0.1) is 0 Å². The van der Waals surface area contributed by atoms with Crippen molar-refractivity contribution in [1.29, 1.82) is 0 Å². The van der Waals surface area contributed by atoms with Crippen molar-refractivity contribution < 1.29 is 14.6 Å². The number of benzene rings is 1. The normalized spacial score (nSPS) is 10.6. The van der Waals surface area contributed by atoms with Crippen LogP contribution in [0.5, 0.6) is 5.75 Å². The third kappa shape index (κ3) is 2.52. The molecule has 1 heterocycles. The highest BCUT2D eigenvalue weighted by atomic mass is 16.5. The predicted octanol–water partition coefficient (Wildman–Crippen LogP) is 2.56. The Bertz CT molecular complexity index is 659. The number of aromatic nitrogens is 2. The van der Waals surface area contributed by atoms with Crippen molar-refractivity contribution in [2.24, 2.45) is 0 Å². The average Bonchev–Trinajstić information content (AvgIpc) is 2.64. The van der Waals surface area contributed by atoms with Crippen LogP contribution in [0.1, 0.15) is 32.9 Å². The highest BCUT2D eigenvalue weighted by Crippen LogP contribution is 2.20. The van der Waals surface area contributed by atoms with E-state index in [2.05, 4.69) is 5.10 Å². The van der Waals surface area contributed by atoms with Gasteiger partial charge in [-0.2, -0.15) is 5.10 Å². The molecule has 0 radical (unpaired) electrons. The lowest BCUT2D eigenvalue weighted by atomic mass is 10.1. The van der Waals surface area contributed by atoms with E-state index in [-0.39, 0.29) is 5.56 Å². The van der Waals surface area contributed by atoms with Gasteiger partial charge in [0, 0.05) is 0 Å². The quantitative estimate of drug-likeness (QED) is 0.930. The van der Waals surface area contributed by atoms with Gasteiger partial charge in [0.25, 0.3) is 0 Å². The Balaban J connectivity index is 2.33. The second kappa shape index (κ2) is 5.36. The van der Waals surface area contributed by atoms with Crippen LogP contribution >= 0.6 is 0 Å². The molecule has 5 nitrogen and oxygen atoms in total. The van der Waals surface area contributed by atoms with Gasteiger partial charge in [0.05, 0.1) is 25.0 Å². The molecule has 0 fully saturated rings. The topological polar surface area (TPSA) is 64.4 Å². The standard InChI is InChI=1S/C15H18N2O3/c1-9-7-12(5-6-13(9)20-4)8-17-11(3)14(15(18)19)10(2)16-17/h5-7H,8H2,1-4H3,(H,18,19). The van der Waals surface area contributed by atoms with Crippen LogP contribution in [-0.2, 0) is 6.54 Å². The van der Waals surface area contributed by atoms with E-state index in [1.165, 1.54) is 0 Å². The molecule has 106 valence electrons. The largest absolute Gasteiger partial charge is 0.496 e. The molecule has 0 saturated heterocycles. The van der Waals surface area contributed by atoms with E-state index >= 15 is 0 Å². The van der Waals surface area contributed by atoms with Crippen LogP contribution in [0.25, 0.3) is 0 Å². The van der Waals surface area contributed by atoms with Crippen LogP contribution in [0, 0.1) is 20.8 Å². The van der Waals surface area contributed by atoms with Crippen LogP contribution in [0.3, 0.4) is 0 Å². The summed E-state index contributed by atoms with van der Waals surface area (Å²) in [5.41, 5.74) is 3.61.